The maximum atomic E-state index is 12.8. The Hall–Kier alpha value is -2.83. The van der Waals surface area contributed by atoms with Gasteiger partial charge in [0.05, 0.1) is 5.56 Å². The SMILES string of the molecule is O=C(Nc1cccc(C(F)(F)F)c1)C1CCCCN1C(=O)c1ccccc1. The van der Waals surface area contributed by atoms with Crippen molar-refractivity contribution in [1.82, 2.24) is 4.90 Å². The molecular weight excluding hydrogens is 357 g/mol. The number of carbonyl (C=O) groups excluding carboxylic acids is 2. The van der Waals surface area contributed by atoms with E-state index >= 15 is 0 Å². The number of hydrogen-bond acceptors (Lipinski definition) is 2. The Labute approximate surface area is 155 Å². The van der Waals surface area contributed by atoms with Gasteiger partial charge in [-0.1, -0.05) is 24.3 Å². The number of nitrogens with one attached hydrogen (secondary N) is 1. The van der Waals surface area contributed by atoms with Crippen molar-refractivity contribution < 1.29 is 22.8 Å². The summed E-state index contributed by atoms with van der Waals surface area (Å²) in [5, 5.41) is 2.53. The second kappa shape index (κ2) is 7.82. The summed E-state index contributed by atoms with van der Waals surface area (Å²) in [6, 6.07) is 12.4. The zero-order valence-corrected chi connectivity index (χ0v) is 14.5. The number of carbonyl (C=O) groups is 2. The molecule has 0 bridgehead atoms. The first-order valence-electron chi connectivity index (χ1n) is 8.70. The number of hydrogen-bond donors (Lipinski definition) is 1. The lowest BCUT2D eigenvalue weighted by Gasteiger charge is -2.34. The van der Waals surface area contributed by atoms with Crippen molar-refractivity contribution >= 4 is 17.5 Å². The van der Waals surface area contributed by atoms with Gasteiger partial charge in [-0.05, 0) is 49.6 Å². The van der Waals surface area contributed by atoms with E-state index < -0.39 is 23.7 Å². The molecule has 1 saturated heterocycles. The normalized spacial score (nSPS) is 17.4. The molecule has 1 aliphatic heterocycles. The zero-order chi connectivity index (χ0) is 19.4. The Morgan fingerprint density at radius 2 is 1.74 bits per heavy atom. The highest BCUT2D eigenvalue weighted by Crippen LogP contribution is 2.31. The number of benzene rings is 2. The molecule has 4 nitrogen and oxygen atoms in total. The number of halogens is 3. The fourth-order valence-corrected chi connectivity index (χ4v) is 3.19. The van der Waals surface area contributed by atoms with Gasteiger partial charge >= 0.3 is 6.18 Å². The second-order valence-corrected chi connectivity index (χ2v) is 6.44. The summed E-state index contributed by atoms with van der Waals surface area (Å²) >= 11 is 0. The number of rotatable bonds is 3. The summed E-state index contributed by atoms with van der Waals surface area (Å²) in [4.78, 5) is 26.9. The van der Waals surface area contributed by atoms with Crippen LogP contribution in [0.25, 0.3) is 0 Å². The predicted molar refractivity (Wildman–Crippen MR) is 95.2 cm³/mol. The van der Waals surface area contributed by atoms with Crippen LogP contribution in [0.15, 0.2) is 54.6 Å². The number of alkyl halides is 3. The molecule has 2 aromatic rings. The van der Waals surface area contributed by atoms with E-state index in [2.05, 4.69) is 5.32 Å². The van der Waals surface area contributed by atoms with Crippen molar-refractivity contribution in [1.29, 1.82) is 0 Å². The number of anilines is 1. The quantitative estimate of drug-likeness (QED) is 0.866. The van der Waals surface area contributed by atoms with Gasteiger partial charge in [-0.2, -0.15) is 13.2 Å². The molecule has 0 aromatic heterocycles. The number of nitrogens with zero attached hydrogens (tertiary/aromatic N) is 1. The van der Waals surface area contributed by atoms with Crippen molar-refractivity contribution in [3.63, 3.8) is 0 Å². The van der Waals surface area contributed by atoms with Gasteiger partial charge in [0.1, 0.15) is 6.04 Å². The van der Waals surface area contributed by atoms with Gasteiger partial charge in [0.15, 0.2) is 0 Å². The molecule has 2 amide bonds. The van der Waals surface area contributed by atoms with E-state index in [4.69, 9.17) is 0 Å². The summed E-state index contributed by atoms with van der Waals surface area (Å²) in [6.07, 6.45) is -2.45. The van der Waals surface area contributed by atoms with E-state index in [1.807, 2.05) is 0 Å². The molecule has 1 atom stereocenters. The Morgan fingerprint density at radius 3 is 2.44 bits per heavy atom. The molecule has 0 aliphatic carbocycles. The lowest BCUT2D eigenvalue weighted by molar-refractivity contribution is -0.137. The topological polar surface area (TPSA) is 49.4 Å². The van der Waals surface area contributed by atoms with E-state index in [0.29, 0.717) is 18.5 Å². The number of amides is 2. The molecule has 0 radical (unpaired) electrons. The van der Waals surface area contributed by atoms with Crippen molar-refractivity contribution in [3.8, 4) is 0 Å². The summed E-state index contributed by atoms with van der Waals surface area (Å²) in [7, 11) is 0. The second-order valence-electron chi connectivity index (χ2n) is 6.44. The predicted octanol–water partition coefficient (Wildman–Crippen LogP) is 4.34. The number of likely N-dealkylation sites (tertiary alicyclic amines) is 1. The van der Waals surface area contributed by atoms with Gasteiger partial charge in [-0.3, -0.25) is 9.59 Å². The summed E-state index contributed by atoms with van der Waals surface area (Å²) < 4.78 is 38.5. The van der Waals surface area contributed by atoms with Crippen LogP contribution in [-0.2, 0) is 11.0 Å². The first-order chi connectivity index (χ1) is 12.9. The maximum absolute atomic E-state index is 12.8. The highest BCUT2D eigenvalue weighted by molar-refractivity contribution is 6.01. The Morgan fingerprint density at radius 1 is 1.00 bits per heavy atom. The van der Waals surface area contributed by atoms with E-state index in [1.165, 1.54) is 17.0 Å². The van der Waals surface area contributed by atoms with Crippen molar-refractivity contribution in [2.75, 3.05) is 11.9 Å². The standard InChI is InChI=1S/C20H19F3N2O2/c21-20(22,23)15-9-6-10-16(13-15)24-18(26)17-11-4-5-12-25(17)19(27)14-7-2-1-3-8-14/h1-3,6-10,13,17H,4-5,11-12H2,(H,24,26). The Bertz CT molecular complexity index is 821. The molecule has 1 heterocycles. The van der Waals surface area contributed by atoms with Crippen LogP contribution in [0.3, 0.4) is 0 Å². The largest absolute Gasteiger partial charge is 0.416 e. The van der Waals surface area contributed by atoms with Crippen LogP contribution >= 0.6 is 0 Å². The molecule has 27 heavy (non-hydrogen) atoms. The fourth-order valence-electron chi connectivity index (χ4n) is 3.19. The molecule has 0 spiro atoms. The molecule has 142 valence electrons. The first kappa shape index (κ1) is 18.9. The molecule has 0 saturated carbocycles. The maximum Gasteiger partial charge on any atom is 0.416 e. The van der Waals surface area contributed by atoms with Crippen LogP contribution in [-0.4, -0.2) is 29.3 Å². The summed E-state index contributed by atoms with van der Waals surface area (Å²) in [5.41, 5.74) is -0.287. The molecule has 7 heteroatoms. The average molecular weight is 376 g/mol. The van der Waals surface area contributed by atoms with Gasteiger partial charge in [0, 0.05) is 17.8 Å². The van der Waals surface area contributed by atoms with Crippen LogP contribution in [0.2, 0.25) is 0 Å². The Kier molecular flexibility index (Phi) is 5.48. The third-order valence-corrected chi connectivity index (χ3v) is 4.54. The fraction of sp³-hybridized carbons (Fsp3) is 0.300. The van der Waals surface area contributed by atoms with Gasteiger partial charge < -0.3 is 10.2 Å². The monoisotopic (exact) mass is 376 g/mol. The minimum atomic E-state index is -4.49. The number of piperidine rings is 1. The van der Waals surface area contributed by atoms with Crippen molar-refractivity contribution in [2.24, 2.45) is 0 Å². The van der Waals surface area contributed by atoms with E-state index in [1.54, 1.807) is 30.3 Å². The van der Waals surface area contributed by atoms with Crippen molar-refractivity contribution in [2.45, 2.75) is 31.5 Å². The van der Waals surface area contributed by atoms with Gasteiger partial charge in [-0.25, -0.2) is 0 Å². The third kappa shape index (κ3) is 4.48. The average Bonchev–Trinajstić information content (AvgIpc) is 2.67. The first-order valence-corrected chi connectivity index (χ1v) is 8.70. The molecule has 2 aromatic carbocycles. The lowest BCUT2D eigenvalue weighted by Crippen LogP contribution is -2.50. The van der Waals surface area contributed by atoms with Crippen LogP contribution in [0.1, 0.15) is 35.2 Å². The van der Waals surface area contributed by atoms with Crippen LogP contribution in [0.5, 0.6) is 0 Å². The van der Waals surface area contributed by atoms with E-state index in [9.17, 15) is 22.8 Å². The molecule has 1 N–H and O–H groups in total. The highest BCUT2D eigenvalue weighted by Gasteiger charge is 2.33. The summed E-state index contributed by atoms with van der Waals surface area (Å²) in [5.74, 6) is -0.724. The van der Waals surface area contributed by atoms with Gasteiger partial charge in [0.2, 0.25) is 5.91 Å². The van der Waals surface area contributed by atoms with Gasteiger partial charge in [-0.15, -0.1) is 0 Å². The van der Waals surface area contributed by atoms with E-state index in [0.717, 1.165) is 25.0 Å². The molecular formula is C20H19F3N2O2. The minimum Gasteiger partial charge on any atom is -0.327 e. The zero-order valence-electron chi connectivity index (χ0n) is 14.5. The van der Waals surface area contributed by atoms with Gasteiger partial charge in [0.25, 0.3) is 5.91 Å². The van der Waals surface area contributed by atoms with Crippen molar-refractivity contribution in [3.05, 3.63) is 65.7 Å². The smallest absolute Gasteiger partial charge is 0.327 e. The van der Waals surface area contributed by atoms with Crippen LogP contribution < -0.4 is 5.32 Å². The third-order valence-electron chi connectivity index (χ3n) is 4.54. The lowest BCUT2D eigenvalue weighted by atomic mass is 9.99. The van der Waals surface area contributed by atoms with Crippen LogP contribution in [0, 0.1) is 0 Å². The molecule has 3 rings (SSSR count). The molecule has 1 aliphatic rings. The molecule has 1 fully saturated rings. The highest BCUT2D eigenvalue weighted by atomic mass is 19.4. The Balaban J connectivity index is 1.77. The summed E-state index contributed by atoms with van der Waals surface area (Å²) in [6.45, 7) is 0.439. The van der Waals surface area contributed by atoms with Crippen LogP contribution in [0.4, 0.5) is 18.9 Å². The minimum absolute atomic E-state index is 0.0625. The van der Waals surface area contributed by atoms with E-state index in [-0.39, 0.29) is 11.6 Å². The molecule has 1 unspecified atom stereocenters.